The van der Waals surface area contributed by atoms with E-state index in [2.05, 4.69) is 72.4 Å². The van der Waals surface area contributed by atoms with Crippen molar-refractivity contribution in [1.82, 2.24) is 14.8 Å². The number of thiazole rings is 1. The van der Waals surface area contributed by atoms with Crippen LogP contribution < -0.4 is 0 Å². The molecule has 0 spiro atoms. The smallest absolute Gasteiger partial charge is 0.211 e. The molecule has 4 aromatic rings. The summed E-state index contributed by atoms with van der Waals surface area (Å²) >= 11 is 1.66. The summed E-state index contributed by atoms with van der Waals surface area (Å²) in [5.41, 5.74) is 8.67. The molecule has 2 aromatic heterocycles. The highest BCUT2D eigenvalue weighted by Gasteiger charge is 2.29. The topological polar surface area (TPSA) is 30.7 Å². The number of hydrogen-bond donors (Lipinski definition) is 0. The largest absolute Gasteiger partial charge is 0.218 e. The number of fused-ring (bicyclic) bond motifs is 3. The maximum Gasteiger partial charge on any atom is 0.211 e. The lowest BCUT2D eigenvalue weighted by atomic mass is 10.0. The van der Waals surface area contributed by atoms with Gasteiger partial charge in [0, 0.05) is 28.5 Å². The van der Waals surface area contributed by atoms with Crippen LogP contribution in [0.15, 0.2) is 60.0 Å². The number of rotatable bonds is 4. The van der Waals surface area contributed by atoms with Crippen molar-refractivity contribution < 1.29 is 0 Å². The maximum absolute atomic E-state index is 5.01. The van der Waals surface area contributed by atoms with Crippen LogP contribution in [0.4, 0.5) is 0 Å². The predicted molar refractivity (Wildman–Crippen MR) is 111 cm³/mol. The lowest BCUT2D eigenvalue weighted by molar-refractivity contribution is 0.625. The van der Waals surface area contributed by atoms with Crippen molar-refractivity contribution in [1.29, 1.82) is 0 Å². The molecule has 0 N–H and O–H groups in total. The van der Waals surface area contributed by atoms with E-state index < -0.39 is 0 Å². The molecule has 2 heterocycles. The molecule has 0 radical (unpaired) electrons. The van der Waals surface area contributed by atoms with Crippen LogP contribution >= 0.6 is 11.3 Å². The van der Waals surface area contributed by atoms with Crippen LogP contribution in [0.2, 0.25) is 0 Å². The second-order valence-electron chi connectivity index (χ2n) is 7.50. The lowest BCUT2D eigenvalue weighted by Gasteiger charge is -2.05. The molecule has 1 aliphatic rings. The van der Waals surface area contributed by atoms with Gasteiger partial charge < -0.3 is 0 Å². The van der Waals surface area contributed by atoms with E-state index in [4.69, 9.17) is 10.1 Å². The minimum absolute atomic E-state index is 0.581. The van der Waals surface area contributed by atoms with Gasteiger partial charge in [-0.2, -0.15) is 5.10 Å². The van der Waals surface area contributed by atoms with Gasteiger partial charge in [-0.3, -0.25) is 0 Å². The summed E-state index contributed by atoms with van der Waals surface area (Å²) in [4.78, 5) is 4.91. The number of benzene rings is 2. The molecule has 5 rings (SSSR count). The average molecular weight is 372 g/mol. The van der Waals surface area contributed by atoms with Gasteiger partial charge in [0.25, 0.3) is 0 Å². The van der Waals surface area contributed by atoms with Crippen molar-refractivity contribution >= 4 is 11.3 Å². The molecule has 0 fully saturated rings. The van der Waals surface area contributed by atoms with Crippen molar-refractivity contribution in [3.63, 3.8) is 0 Å². The minimum atomic E-state index is 0.581. The fourth-order valence-electron chi connectivity index (χ4n) is 3.85. The first-order valence-corrected chi connectivity index (χ1v) is 10.3. The fraction of sp³-hybridized carbons (Fsp3) is 0.217. The van der Waals surface area contributed by atoms with Gasteiger partial charge in [-0.1, -0.05) is 68.4 Å². The molecule has 27 heavy (non-hydrogen) atoms. The Balaban J connectivity index is 1.65. The van der Waals surface area contributed by atoms with E-state index >= 15 is 0 Å². The van der Waals surface area contributed by atoms with Gasteiger partial charge >= 0.3 is 0 Å². The molecule has 0 atom stereocenters. The third kappa shape index (κ3) is 2.81. The quantitative estimate of drug-likeness (QED) is 0.402. The average Bonchev–Trinajstić information content (AvgIpc) is 3.37. The van der Waals surface area contributed by atoms with Crippen molar-refractivity contribution in [2.45, 2.75) is 26.7 Å². The normalized spacial score (nSPS) is 12.4. The highest BCUT2D eigenvalue weighted by molar-refractivity contribution is 7.12. The summed E-state index contributed by atoms with van der Waals surface area (Å²) in [7, 11) is 0. The van der Waals surface area contributed by atoms with Crippen molar-refractivity contribution in [2.75, 3.05) is 0 Å². The third-order valence-corrected chi connectivity index (χ3v) is 5.87. The number of nitrogens with zero attached hydrogens (tertiary/aromatic N) is 3. The number of aromatic nitrogens is 3. The molecule has 2 aromatic carbocycles. The summed E-state index contributed by atoms with van der Waals surface area (Å²) in [6, 6.07) is 19.0. The molecule has 0 unspecified atom stereocenters. The van der Waals surface area contributed by atoms with Crippen LogP contribution in [0.3, 0.4) is 0 Å². The second kappa shape index (κ2) is 6.46. The molecule has 0 bridgehead atoms. The zero-order valence-electron chi connectivity index (χ0n) is 15.5. The molecule has 0 aliphatic heterocycles. The summed E-state index contributed by atoms with van der Waals surface area (Å²) in [6.45, 7) is 4.51. The van der Waals surface area contributed by atoms with Crippen LogP contribution in [0.1, 0.15) is 30.7 Å². The van der Waals surface area contributed by atoms with E-state index in [9.17, 15) is 0 Å². The molecular formula is C23H21N3S. The van der Waals surface area contributed by atoms with Gasteiger partial charge in [0.1, 0.15) is 0 Å². The first-order chi connectivity index (χ1) is 13.2. The predicted octanol–water partition coefficient (Wildman–Crippen LogP) is 5.77. The Kier molecular flexibility index (Phi) is 3.94. The Morgan fingerprint density at radius 1 is 1.04 bits per heavy atom. The van der Waals surface area contributed by atoms with Gasteiger partial charge in [0.2, 0.25) is 5.13 Å². The lowest BCUT2D eigenvalue weighted by Crippen LogP contribution is -2.02. The zero-order chi connectivity index (χ0) is 18.4. The molecule has 1 aliphatic carbocycles. The minimum Gasteiger partial charge on any atom is -0.218 e. The molecule has 4 heteroatoms. The molecule has 3 nitrogen and oxygen atoms in total. The van der Waals surface area contributed by atoms with Gasteiger partial charge in [0.15, 0.2) is 0 Å². The van der Waals surface area contributed by atoms with Crippen LogP contribution in [0.25, 0.3) is 27.6 Å². The third-order valence-electron chi connectivity index (χ3n) is 5.05. The van der Waals surface area contributed by atoms with E-state index in [1.165, 1.54) is 28.1 Å². The first-order valence-electron chi connectivity index (χ1n) is 9.41. The Bertz CT molecular complexity index is 1110. The summed E-state index contributed by atoms with van der Waals surface area (Å²) in [5, 5.41) is 8.08. The Labute approximate surface area is 163 Å². The number of hydrogen-bond acceptors (Lipinski definition) is 3. The monoisotopic (exact) mass is 371 g/mol. The van der Waals surface area contributed by atoms with E-state index in [1.54, 1.807) is 11.3 Å². The molecular weight excluding hydrogens is 350 g/mol. The summed E-state index contributed by atoms with van der Waals surface area (Å²) in [6.07, 6.45) is 1.98. The van der Waals surface area contributed by atoms with Gasteiger partial charge in [-0.25, -0.2) is 9.67 Å². The maximum atomic E-state index is 5.01. The Morgan fingerprint density at radius 3 is 2.63 bits per heavy atom. The summed E-state index contributed by atoms with van der Waals surface area (Å²) in [5.74, 6) is 0.581. The van der Waals surface area contributed by atoms with Crippen molar-refractivity contribution in [2.24, 2.45) is 5.92 Å². The van der Waals surface area contributed by atoms with Gasteiger partial charge in [0.05, 0.1) is 17.1 Å². The van der Waals surface area contributed by atoms with Crippen LogP contribution in [-0.4, -0.2) is 14.8 Å². The van der Waals surface area contributed by atoms with Crippen LogP contribution in [0, 0.1) is 5.92 Å². The summed E-state index contributed by atoms with van der Waals surface area (Å²) < 4.78 is 2.08. The van der Waals surface area contributed by atoms with Gasteiger partial charge in [-0.05, 0) is 17.9 Å². The molecule has 0 amide bonds. The van der Waals surface area contributed by atoms with Crippen molar-refractivity contribution in [3.8, 4) is 27.6 Å². The van der Waals surface area contributed by atoms with Crippen LogP contribution in [-0.2, 0) is 12.8 Å². The molecule has 134 valence electrons. The second-order valence-corrected chi connectivity index (χ2v) is 8.34. The highest BCUT2D eigenvalue weighted by Crippen LogP contribution is 2.41. The Hall–Kier alpha value is -2.72. The first kappa shape index (κ1) is 16.5. The van der Waals surface area contributed by atoms with E-state index in [0.29, 0.717) is 5.92 Å². The van der Waals surface area contributed by atoms with E-state index in [-0.39, 0.29) is 0 Å². The van der Waals surface area contributed by atoms with E-state index in [0.717, 1.165) is 29.2 Å². The fourth-order valence-corrected chi connectivity index (χ4v) is 4.63. The Morgan fingerprint density at radius 2 is 1.81 bits per heavy atom. The zero-order valence-corrected chi connectivity index (χ0v) is 16.3. The molecule has 0 saturated carbocycles. The highest BCUT2D eigenvalue weighted by atomic mass is 32.1. The SMILES string of the molecule is CC(C)Cc1nn(-c2nc(-c3ccccc3)cs2)c2c1Cc1ccccc1-2. The van der Waals surface area contributed by atoms with Gasteiger partial charge in [-0.15, -0.1) is 11.3 Å². The van der Waals surface area contributed by atoms with E-state index in [1.807, 2.05) is 6.07 Å². The van der Waals surface area contributed by atoms with Crippen molar-refractivity contribution in [3.05, 3.63) is 76.8 Å². The standard InChI is InChI=1S/C23H21N3S/c1-15(2)12-20-19-13-17-10-6-7-11-18(17)22(19)26(25-20)23-24-21(14-27-23)16-8-4-3-5-9-16/h3-11,14-15H,12-13H2,1-2H3. The molecule has 0 saturated heterocycles. The van der Waals surface area contributed by atoms with Crippen LogP contribution in [0.5, 0.6) is 0 Å².